The highest BCUT2D eigenvalue weighted by Gasteiger charge is 2.44. The number of amides is 2. The molecule has 146 valence electrons. The number of hydrogen-bond acceptors (Lipinski definition) is 3. The molecule has 3 N–H and O–H groups in total. The van der Waals surface area contributed by atoms with Gasteiger partial charge in [0.1, 0.15) is 0 Å². The number of carbonyl (C=O) groups excluding carboxylic acids is 2. The number of carbonyl (C=O) groups is 2. The first kappa shape index (κ1) is 18.5. The van der Waals surface area contributed by atoms with E-state index in [1.54, 1.807) is 42.4 Å². The third-order valence-corrected chi connectivity index (χ3v) is 6.12. The van der Waals surface area contributed by atoms with Crippen LogP contribution < -0.4 is 11.1 Å². The summed E-state index contributed by atoms with van der Waals surface area (Å²) in [7, 11) is 0. The molecule has 1 heterocycles. The van der Waals surface area contributed by atoms with E-state index in [9.17, 15) is 9.59 Å². The Bertz CT molecular complexity index is 896. The number of urea groups is 1. The summed E-state index contributed by atoms with van der Waals surface area (Å²) in [6, 6.07) is 13.0. The maximum atomic E-state index is 12.5. The third-order valence-electron chi connectivity index (χ3n) is 6.12. The van der Waals surface area contributed by atoms with Crippen LogP contribution in [0, 0.1) is 11.8 Å². The molecule has 5 heteroatoms. The van der Waals surface area contributed by atoms with E-state index in [-0.39, 0.29) is 11.8 Å². The highest BCUT2D eigenvalue weighted by Crippen LogP contribution is 2.55. The van der Waals surface area contributed by atoms with Crippen molar-refractivity contribution >= 4 is 23.2 Å². The molecule has 0 saturated heterocycles. The minimum Gasteiger partial charge on any atom is -0.396 e. The van der Waals surface area contributed by atoms with Gasteiger partial charge in [-0.2, -0.15) is 0 Å². The van der Waals surface area contributed by atoms with Crippen molar-refractivity contribution in [1.29, 1.82) is 0 Å². The number of nitrogens with zero attached hydrogens (tertiary/aromatic N) is 1. The standard InChI is InChI=1S/C18H19N3O2.C5H8/c1-12(22)15-7-4-8-16(17(15)19)20-18(23)21-10-9-13-5-2-3-6-14(13)11-21;1-2-5-3-4(1)5/h2-8H,9-11,19H2,1H3,(H,20,23);4-5H,1-3H2. The van der Waals surface area contributed by atoms with Gasteiger partial charge in [-0.25, -0.2) is 4.79 Å². The molecule has 2 saturated carbocycles. The topological polar surface area (TPSA) is 75.4 Å². The zero-order chi connectivity index (χ0) is 19.7. The summed E-state index contributed by atoms with van der Waals surface area (Å²) in [6.07, 6.45) is 5.54. The van der Waals surface area contributed by atoms with Gasteiger partial charge < -0.3 is 16.0 Å². The van der Waals surface area contributed by atoms with Crippen molar-refractivity contribution in [2.45, 2.75) is 39.2 Å². The molecular weight excluding hydrogens is 350 g/mol. The number of nitrogens with one attached hydrogen (secondary N) is 1. The number of para-hydroxylation sites is 1. The summed E-state index contributed by atoms with van der Waals surface area (Å²) in [5, 5.41) is 2.82. The van der Waals surface area contributed by atoms with Crippen molar-refractivity contribution in [2.24, 2.45) is 11.8 Å². The summed E-state index contributed by atoms with van der Waals surface area (Å²) in [6.45, 7) is 2.70. The average molecular weight is 377 g/mol. The van der Waals surface area contributed by atoms with Gasteiger partial charge in [0, 0.05) is 18.7 Å². The lowest BCUT2D eigenvalue weighted by molar-refractivity contribution is 0.101. The van der Waals surface area contributed by atoms with Gasteiger partial charge in [0.15, 0.2) is 5.78 Å². The molecule has 2 aliphatic carbocycles. The fraction of sp³-hybridized carbons (Fsp3) is 0.391. The van der Waals surface area contributed by atoms with E-state index >= 15 is 0 Å². The van der Waals surface area contributed by atoms with Gasteiger partial charge in [-0.15, -0.1) is 0 Å². The van der Waals surface area contributed by atoms with Crippen molar-refractivity contribution < 1.29 is 9.59 Å². The molecule has 2 fully saturated rings. The molecule has 0 aromatic heterocycles. The predicted octanol–water partition coefficient (Wildman–Crippen LogP) is 4.48. The monoisotopic (exact) mass is 377 g/mol. The highest BCUT2D eigenvalue weighted by molar-refractivity contribution is 6.04. The molecule has 28 heavy (non-hydrogen) atoms. The lowest BCUT2D eigenvalue weighted by Crippen LogP contribution is -2.39. The molecule has 2 aromatic carbocycles. The smallest absolute Gasteiger partial charge is 0.322 e. The van der Waals surface area contributed by atoms with Crippen LogP contribution in [0.1, 0.15) is 47.7 Å². The lowest BCUT2D eigenvalue weighted by atomic mass is 10.0. The molecule has 5 rings (SSSR count). The second-order valence-corrected chi connectivity index (χ2v) is 8.03. The maximum absolute atomic E-state index is 12.5. The Morgan fingerprint density at radius 2 is 1.75 bits per heavy atom. The van der Waals surface area contributed by atoms with Crippen LogP contribution in [0.25, 0.3) is 0 Å². The quantitative estimate of drug-likeness (QED) is 0.598. The van der Waals surface area contributed by atoms with E-state index in [1.807, 2.05) is 18.2 Å². The number of anilines is 2. The van der Waals surface area contributed by atoms with Crippen LogP contribution in [0.4, 0.5) is 16.2 Å². The molecule has 5 nitrogen and oxygen atoms in total. The van der Waals surface area contributed by atoms with Gasteiger partial charge in [-0.1, -0.05) is 30.3 Å². The summed E-state index contributed by atoms with van der Waals surface area (Å²) in [4.78, 5) is 25.8. The third kappa shape index (κ3) is 3.88. The van der Waals surface area contributed by atoms with Gasteiger partial charge in [-0.3, -0.25) is 4.79 Å². The Kier molecular flexibility index (Phi) is 5.07. The van der Waals surface area contributed by atoms with Crippen LogP contribution in [-0.2, 0) is 13.0 Å². The average Bonchev–Trinajstić information content (AvgIpc) is 3.28. The molecule has 2 aromatic rings. The summed E-state index contributed by atoms with van der Waals surface area (Å²) in [5.41, 5.74) is 9.64. The minimum atomic E-state index is -0.202. The number of hydrogen-bond donors (Lipinski definition) is 2. The van der Waals surface area contributed by atoms with E-state index in [0.29, 0.717) is 30.0 Å². The number of benzene rings is 2. The number of rotatable bonds is 2. The Morgan fingerprint density at radius 1 is 1.04 bits per heavy atom. The SMILES string of the molecule is C1CC2CC12.CC(=O)c1cccc(NC(=O)N2CCc3ccccc3C2)c1N. The van der Waals surface area contributed by atoms with Crippen LogP contribution >= 0.6 is 0 Å². The van der Waals surface area contributed by atoms with Crippen molar-refractivity contribution in [2.75, 3.05) is 17.6 Å². The van der Waals surface area contributed by atoms with E-state index in [1.165, 1.54) is 29.9 Å². The fourth-order valence-corrected chi connectivity index (χ4v) is 4.03. The molecule has 0 bridgehead atoms. The highest BCUT2D eigenvalue weighted by atomic mass is 16.2. The number of fused-ring (bicyclic) bond motifs is 2. The normalized spacial score (nSPS) is 21.2. The van der Waals surface area contributed by atoms with Gasteiger partial charge in [-0.05, 0) is 67.7 Å². The van der Waals surface area contributed by atoms with Gasteiger partial charge in [0.05, 0.1) is 11.4 Å². The Balaban J connectivity index is 0.000000326. The van der Waals surface area contributed by atoms with E-state index in [4.69, 9.17) is 5.73 Å². The molecule has 2 unspecified atom stereocenters. The Morgan fingerprint density at radius 3 is 2.36 bits per heavy atom. The molecule has 3 aliphatic rings. The molecule has 2 atom stereocenters. The first-order valence-electron chi connectivity index (χ1n) is 10.0. The summed E-state index contributed by atoms with van der Waals surface area (Å²) in [5.74, 6) is 2.34. The molecular formula is C23H27N3O2. The summed E-state index contributed by atoms with van der Waals surface area (Å²) >= 11 is 0. The van der Waals surface area contributed by atoms with Crippen molar-refractivity contribution in [3.63, 3.8) is 0 Å². The summed E-state index contributed by atoms with van der Waals surface area (Å²) < 4.78 is 0. The maximum Gasteiger partial charge on any atom is 0.322 e. The van der Waals surface area contributed by atoms with Crippen molar-refractivity contribution in [3.8, 4) is 0 Å². The van der Waals surface area contributed by atoms with Crippen LogP contribution in [0.5, 0.6) is 0 Å². The van der Waals surface area contributed by atoms with Gasteiger partial charge >= 0.3 is 6.03 Å². The largest absolute Gasteiger partial charge is 0.396 e. The molecule has 0 radical (unpaired) electrons. The first-order chi connectivity index (χ1) is 13.5. The number of ketones is 1. The number of Topliss-reactive ketones (excluding diaryl/α,β-unsaturated/α-hetero) is 1. The molecule has 0 spiro atoms. The zero-order valence-electron chi connectivity index (χ0n) is 16.3. The number of nitrogen functional groups attached to an aromatic ring is 1. The van der Waals surface area contributed by atoms with Crippen LogP contribution in [-0.4, -0.2) is 23.3 Å². The van der Waals surface area contributed by atoms with E-state index < -0.39 is 0 Å². The molecule has 1 aliphatic heterocycles. The molecule has 2 amide bonds. The van der Waals surface area contributed by atoms with Crippen LogP contribution in [0.3, 0.4) is 0 Å². The zero-order valence-corrected chi connectivity index (χ0v) is 16.3. The van der Waals surface area contributed by atoms with Crippen molar-refractivity contribution in [1.82, 2.24) is 4.90 Å². The lowest BCUT2D eigenvalue weighted by Gasteiger charge is -2.29. The second-order valence-electron chi connectivity index (χ2n) is 8.03. The van der Waals surface area contributed by atoms with Crippen LogP contribution in [0.15, 0.2) is 42.5 Å². The van der Waals surface area contributed by atoms with Gasteiger partial charge in [0.25, 0.3) is 0 Å². The second kappa shape index (κ2) is 7.66. The van der Waals surface area contributed by atoms with Gasteiger partial charge in [0.2, 0.25) is 0 Å². The Labute approximate surface area is 165 Å². The Hall–Kier alpha value is -2.82. The van der Waals surface area contributed by atoms with Crippen molar-refractivity contribution in [3.05, 3.63) is 59.2 Å². The van der Waals surface area contributed by atoms with E-state index in [2.05, 4.69) is 11.4 Å². The van der Waals surface area contributed by atoms with Crippen LogP contribution in [0.2, 0.25) is 0 Å². The fourth-order valence-electron chi connectivity index (χ4n) is 4.03. The minimum absolute atomic E-state index is 0.120. The van der Waals surface area contributed by atoms with E-state index in [0.717, 1.165) is 6.42 Å². The number of nitrogens with two attached hydrogens (primary N) is 1. The predicted molar refractivity (Wildman–Crippen MR) is 111 cm³/mol. The first-order valence-corrected chi connectivity index (χ1v) is 10.0.